The molecule has 5 heteroatoms. The number of para-hydroxylation sites is 2. The molecule has 0 bridgehead atoms. The minimum atomic E-state index is 0.422. The lowest BCUT2D eigenvalue weighted by Crippen LogP contribution is -1.99. The number of benzene rings is 1. The van der Waals surface area contributed by atoms with Gasteiger partial charge >= 0.3 is 0 Å². The maximum Gasteiger partial charge on any atom is 0.235 e. The first-order valence-corrected chi connectivity index (χ1v) is 5.71. The molecule has 3 aromatic rings. The van der Waals surface area contributed by atoms with Crippen molar-refractivity contribution in [3.8, 4) is 5.95 Å². The van der Waals surface area contributed by atoms with E-state index in [-0.39, 0.29) is 0 Å². The highest BCUT2D eigenvalue weighted by molar-refractivity contribution is 6.17. The molecule has 0 N–H and O–H groups in total. The Hall–Kier alpha value is -1.94. The molecule has 0 aliphatic rings. The van der Waals surface area contributed by atoms with E-state index in [1.165, 1.54) is 0 Å². The van der Waals surface area contributed by atoms with E-state index >= 15 is 0 Å². The van der Waals surface area contributed by atoms with E-state index in [1.54, 1.807) is 18.7 Å². The number of aromatic nitrogens is 4. The Bertz CT molecular complexity index is 645. The minimum absolute atomic E-state index is 0.422. The Kier molecular flexibility index (Phi) is 2.49. The summed E-state index contributed by atoms with van der Waals surface area (Å²) >= 11 is 5.70. The normalized spacial score (nSPS) is 10.9. The van der Waals surface area contributed by atoms with E-state index < -0.39 is 0 Å². The van der Waals surface area contributed by atoms with Crippen LogP contribution in [-0.4, -0.2) is 19.5 Å². The van der Waals surface area contributed by atoms with Crippen molar-refractivity contribution < 1.29 is 0 Å². The van der Waals surface area contributed by atoms with Crippen molar-refractivity contribution in [1.29, 1.82) is 0 Å². The molecule has 3 rings (SSSR count). The maximum absolute atomic E-state index is 5.70. The van der Waals surface area contributed by atoms with Gasteiger partial charge in [-0.25, -0.2) is 15.0 Å². The predicted molar refractivity (Wildman–Crippen MR) is 66.2 cm³/mol. The number of hydrogen-bond acceptors (Lipinski definition) is 3. The third-order valence-corrected chi connectivity index (χ3v) is 2.82. The molecule has 0 aliphatic heterocycles. The molecule has 0 aliphatic carbocycles. The summed E-state index contributed by atoms with van der Waals surface area (Å²) in [4.78, 5) is 12.8. The fourth-order valence-electron chi connectivity index (χ4n) is 1.66. The summed E-state index contributed by atoms with van der Waals surface area (Å²) in [6.45, 7) is 0. The van der Waals surface area contributed by atoms with Crippen LogP contribution in [0.5, 0.6) is 0 Å². The van der Waals surface area contributed by atoms with Gasteiger partial charge in [-0.2, -0.15) is 0 Å². The van der Waals surface area contributed by atoms with E-state index in [4.69, 9.17) is 11.6 Å². The van der Waals surface area contributed by atoms with Crippen LogP contribution in [0.2, 0.25) is 0 Å². The van der Waals surface area contributed by atoms with Crippen molar-refractivity contribution in [3.63, 3.8) is 0 Å². The molecule has 84 valence electrons. The molecule has 0 radical (unpaired) electrons. The van der Waals surface area contributed by atoms with Gasteiger partial charge in [0.15, 0.2) is 0 Å². The number of hydrogen-bond donors (Lipinski definition) is 0. The third-order valence-electron chi connectivity index (χ3n) is 2.52. The average molecular weight is 245 g/mol. The molecular formula is C12H9ClN4. The molecule has 2 heterocycles. The lowest BCUT2D eigenvalue weighted by Gasteiger charge is -2.02. The summed E-state index contributed by atoms with van der Waals surface area (Å²) in [6.07, 6.45) is 5.18. The fourth-order valence-corrected chi connectivity index (χ4v) is 1.80. The average Bonchev–Trinajstić information content (AvgIpc) is 2.83. The van der Waals surface area contributed by atoms with Gasteiger partial charge in [-0.05, 0) is 12.1 Å². The molecule has 0 fully saturated rings. The minimum Gasteiger partial charge on any atom is -0.267 e. The van der Waals surface area contributed by atoms with Gasteiger partial charge in [0.2, 0.25) is 5.95 Å². The van der Waals surface area contributed by atoms with Crippen LogP contribution >= 0.6 is 11.6 Å². The summed E-state index contributed by atoms with van der Waals surface area (Å²) in [5.74, 6) is 1.03. The van der Waals surface area contributed by atoms with Crippen LogP contribution in [0.15, 0.2) is 43.0 Å². The number of nitrogens with zero attached hydrogens (tertiary/aromatic N) is 4. The van der Waals surface area contributed by atoms with Gasteiger partial charge in [0.1, 0.15) is 6.33 Å². The summed E-state index contributed by atoms with van der Waals surface area (Å²) < 4.78 is 1.85. The zero-order valence-corrected chi connectivity index (χ0v) is 9.67. The predicted octanol–water partition coefficient (Wildman–Crippen LogP) is 2.55. The Labute approximate surface area is 103 Å². The monoisotopic (exact) mass is 244 g/mol. The number of halogens is 1. The highest BCUT2D eigenvalue weighted by atomic mass is 35.5. The van der Waals surface area contributed by atoms with Gasteiger partial charge in [0, 0.05) is 18.0 Å². The first-order chi connectivity index (χ1) is 8.38. The van der Waals surface area contributed by atoms with E-state index in [9.17, 15) is 0 Å². The van der Waals surface area contributed by atoms with E-state index in [0.717, 1.165) is 16.6 Å². The second-order valence-electron chi connectivity index (χ2n) is 3.63. The number of fused-ring (bicyclic) bond motifs is 1. The lowest BCUT2D eigenvalue weighted by atomic mass is 10.3. The SMILES string of the molecule is ClCc1cnc(-n2cnc3ccccc32)nc1. The molecule has 0 unspecified atom stereocenters. The van der Waals surface area contributed by atoms with Crippen LogP contribution < -0.4 is 0 Å². The summed E-state index contributed by atoms with van der Waals surface area (Å²) in [5, 5.41) is 0. The second-order valence-corrected chi connectivity index (χ2v) is 3.90. The lowest BCUT2D eigenvalue weighted by molar-refractivity contribution is 0.938. The number of imidazole rings is 1. The van der Waals surface area contributed by atoms with Crippen molar-refractivity contribution in [3.05, 3.63) is 48.5 Å². The van der Waals surface area contributed by atoms with Crippen LogP contribution in [0.1, 0.15) is 5.56 Å². The van der Waals surface area contributed by atoms with Crippen molar-refractivity contribution in [2.75, 3.05) is 0 Å². The highest BCUT2D eigenvalue weighted by Gasteiger charge is 2.05. The summed E-state index contributed by atoms with van der Waals surface area (Å²) in [6, 6.07) is 7.87. The summed E-state index contributed by atoms with van der Waals surface area (Å²) in [7, 11) is 0. The molecular weight excluding hydrogens is 236 g/mol. The second kappa shape index (κ2) is 4.14. The smallest absolute Gasteiger partial charge is 0.235 e. The standard InChI is InChI=1S/C12H9ClN4/c13-5-9-6-14-12(15-7-9)17-8-16-10-3-1-2-4-11(10)17/h1-4,6-8H,5H2. The van der Waals surface area contributed by atoms with Gasteiger partial charge in [-0.15, -0.1) is 11.6 Å². The van der Waals surface area contributed by atoms with Gasteiger partial charge in [0.25, 0.3) is 0 Å². The zero-order valence-electron chi connectivity index (χ0n) is 8.92. The van der Waals surface area contributed by atoms with E-state index in [2.05, 4.69) is 15.0 Å². The molecule has 4 nitrogen and oxygen atoms in total. The molecule has 0 saturated carbocycles. The quantitative estimate of drug-likeness (QED) is 0.651. The van der Waals surface area contributed by atoms with Crippen molar-refractivity contribution in [2.45, 2.75) is 5.88 Å². The summed E-state index contributed by atoms with van der Waals surface area (Å²) in [5.41, 5.74) is 2.82. The number of rotatable bonds is 2. The van der Waals surface area contributed by atoms with Crippen molar-refractivity contribution >= 4 is 22.6 Å². The van der Waals surface area contributed by atoms with Crippen LogP contribution in [-0.2, 0) is 5.88 Å². The van der Waals surface area contributed by atoms with E-state index in [0.29, 0.717) is 11.8 Å². The maximum atomic E-state index is 5.70. The van der Waals surface area contributed by atoms with Gasteiger partial charge in [0.05, 0.1) is 16.9 Å². The third kappa shape index (κ3) is 1.76. The Morgan fingerprint density at radius 3 is 2.59 bits per heavy atom. The fraction of sp³-hybridized carbons (Fsp3) is 0.0833. The topological polar surface area (TPSA) is 43.6 Å². The van der Waals surface area contributed by atoms with Crippen LogP contribution in [0.3, 0.4) is 0 Å². The van der Waals surface area contributed by atoms with Gasteiger partial charge < -0.3 is 0 Å². The Morgan fingerprint density at radius 2 is 1.82 bits per heavy atom. The Balaban J connectivity index is 2.13. The molecule has 17 heavy (non-hydrogen) atoms. The largest absolute Gasteiger partial charge is 0.267 e. The zero-order chi connectivity index (χ0) is 11.7. The molecule has 0 spiro atoms. The van der Waals surface area contributed by atoms with Crippen LogP contribution in [0.25, 0.3) is 17.0 Å². The first-order valence-electron chi connectivity index (χ1n) is 5.18. The van der Waals surface area contributed by atoms with Crippen molar-refractivity contribution in [2.24, 2.45) is 0 Å². The van der Waals surface area contributed by atoms with Crippen molar-refractivity contribution in [1.82, 2.24) is 19.5 Å². The first kappa shape index (κ1) is 10.2. The molecule has 0 atom stereocenters. The van der Waals surface area contributed by atoms with E-state index in [1.807, 2.05) is 28.8 Å². The molecule has 1 aromatic carbocycles. The number of alkyl halides is 1. The van der Waals surface area contributed by atoms with Gasteiger partial charge in [-0.3, -0.25) is 4.57 Å². The molecule has 0 saturated heterocycles. The molecule has 2 aromatic heterocycles. The van der Waals surface area contributed by atoms with Gasteiger partial charge in [-0.1, -0.05) is 12.1 Å². The Morgan fingerprint density at radius 1 is 1.06 bits per heavy atom. The highest BCUT2D eigenvalue weighted by Crippen LogP contribution is 2.15. The molecule has 0 amide bonds. The van der Waals surface area contributed by atoms with Crippen LogP contribution in [0.4, 0.5) is 0 Å². The van der Waals surface area contributed by atoms with Crippen LogP contribution in [0, 0.1) is 0 Å².